The topological polar surface area (TPSA) is 46.2 Å². The molecule has 0 spiro atoms. The van der Waals surface area contributed by atoms with Crippen molar-refractivity contribution in [3.8, 4) is 0 Å². The summed E-state index contributed by atoms with van der Waals surface area (Å²) in [7, 11) is 0. The summed E-state index contributed by atoms with van der Waals surface area (Å²) in [6.45, 7) is 0.141. The highest BCUT2D eigenvalue weighted by atomic mass is 32.1. The first-order valence-corrected chi connectivity index (χ1v) is 5.53. The number of nitrogens with two attached hydrogens (primary N) is 1. The molecular formula is C11H13NOS. The van der Waals surface area contributed by atoms with Gasteiger partial charge in [-0.05, 0) is 34.9 Å². The fraction of sp³-hybridized carbons (Fsp3) is 0.273. The number of hydrogen-bond acceptors (Lipinski definition) is 3. The Hall–Kier alpha value is -0.900. The number of aliphatic hydroxyl groups excluding tert-OH is 1. The summed E-state index contributed by atoms with van der Waals surface area (Å²) in [6, 6.07) is 8.18. The van der Waals surface area contributed by atoms with Gasteiger partial charge < -0.3 is 10.8 Å². The van der Waals surface area contributed by atoms with Gasteiger partial charge in [0, 0.05) is 17.3 Å². The maximum atomic E-state index is 8.84. The lowest BCUT2D eigenvalue weighted by atomic mass is 10.0. The van der Waals surface area contributed by atoms with Gasteiger partial charge in [-0.3, -0.25) is 0 Å². The molecule has 1 aromatic carbocycles. The summed E-state index contributed by atoms with van der Waals surface area (Å²) in [4.78, 5) is 0. The summed E-state index contributed by atoms with van der Waals surface area (Å²) in [5, 5.41) is 12.1. The average Bonchev–Trinajstić information content (AvgIpc) is 2.65. The second-order valence-electron chi connectivity index (χ2n) is 3.30. The van der Waals surface area contributed by atoms with Crippen molar-refractivity contribution in [2.45, 2.75) is 12.5 Å². The Labute approximate surface area is 87.0 Å². The van der Waals surface area contributed by atoms with Crippen LogP contribution in [0.2, 0.25) is 0 Å². The van der Waals surface area contributed by atoms with Crippen LogP contribution >= 0.6 is 11.3 Å². The molecule has 0 fully saturated rings. The van der Waals surface area contributed by atoms with Crippen molar-refractivity contribution >= 4 is 21.4 Å². The van der Waals surface area contributed by atoms with E-state index in [1.807, 2.05) is 12.1 Å². The van der Waals surface area contributed by atoms with Crippen LogP contribution in [0.25, 0.3) is 10.1 Å². The monoisotopic (exact) mass is 207 g/mol. The normalized spacial score (nSPS) is 13.3. The third kappa shape index (κ3) is 1.66. The van der Waals surface area contributed by atoms with Crippen LogP contribution in [0.4, 0.5) is 0 Å². The van der Waals surface area contributed by atoms with Crippen molar-refractivity contribution < 1.29 is 5.11 Å². The molecule has 0 saturated heterocycles. The van der Waals surface area contributed by atoms with Gasteiger partial charge in [-0.15, -0.1) is 11.3 Å². The van der Waals surface area contributed by atoms with Crippen molar-refractivity contribution in [3.05, 3.63) is 35.2 Å². The zero-order valence-electron chi connectivity index (χ0n) is 7.81. The molecule has 0 aliphatic heterocycles. The standard InChI is InChI=1S/C11H13NOS/c12-10(4-6-13)8-2-1-3-11-9(8)5-7-14-11/h1-3,5,7,10,13H,4,6,12H2. The molecule has 0 radical (unpaired) electrons. The molecular weight excluding hydrogens is 194 g/mol. The van der Waals surface area contributed by atoms with Crippen LogP contribution in [-0.4, -0.2) is 11.7 Å². The average molecular weight is 207 g/mol. The zero-order valence-corrected chi connectivity index (χ0v) is 8.63. The van der Waals surface area contributed by atoms with Crippen LogP contribution in [0.3, 0.4) is 0 Å². The van der Waals surface area contributed by atoms with Crippen LogP contribution in [-0.2, 0) is 0 Å². The van der Waals surface area contributed by atoms with E-state index in [-0.39, 0.29) is 12.6 Å². The van der Waals surface area contributed by atoms with E-state index in [1.165, 1.54) is 10.1 Å². The van der Waals surface area contributed by atoms with Gasteiger partial charge in [0.25, 0.3) is 0 Å². The molecule has 0 aliphatic carbocycles. The molecule has 14 heavy (non-hydrogen) atoms. The maximum absolute atomic E-state index is 8.84. The summed E-state index contributed by atoms with van der Waals surface area (Å²) in [5.74, 6) is 0. The van der Waals surface area contributed by atoms with Gasteiger partial charge in [-0.25, -0.2) is 0 Å². The first-order chi connectivity index (χ1) is 6.83. The van der Waals surface area contributed by atoms with Crippen LogP contribution < -0.4 is 5.73 Å². The van der Waals surface area contributed by atoms with Gasteiger partial charge in [-0.2, -0.15) is 0 Å². The molecule has 3 heteroatoms. The minimum absolute atomic E-state index is 0.0571. The van der Waals surface area contributed by atoms with Crippen molar-refractivity contribution in [1.29, 1.82) is 0 Å². The van der Waals surface area contributed by atoms with E-state index < -0.39 is 0 Å². The van der Waals surface area contributed by atoms with Gasteiger partial charge in [-0.1, -0.05) is 12.1 Å². The lowest BCUT2D eigenvalue weighted by molar-refractivity contribution is 0.277. The summed E-state index contributed by atoms with van der Waals surface area (Å²) in [5.41, 5.74) is 7.11. The van der Waals surface area contributed by atoms with Crippen molar-refractivity contribution in [1.82, 2.24) is 0 Å². The van der Waals surface area contributed by atoms with Crippen molar-refractivity contribution in [2.75, 3.05) is 6.61 Å². The van der Waals surface area contributed by atoms with E-state index in [1.54, 1.807) is 11.3 Å². The molecule has 2 nitrogen and oxygen atoms in total. The van der Waals surface area contributed by atoms with E-state index in [4.69, 9.17) is 10.8 Å². The van der Waals surface area contributed by atoms with Crippen LogP contribution in [0.5, 0.6) is 0 Å². The highest BCUT2D eigenvalue weighted by Crippen LogP contribution is 2.28. The largest absolute Gasteiger partial charge is 0.396 e. The fourth-order valence-corrected chi connectivity index (χ4v) is 2.46. The van der Waals surface area contributed by atoms with Gasteiger partial charge in [0.2, 0.25) is 0 Å². The first-order valence-electron chi connectivity index (χ1n) is 4.65. The maximum Gasteiger partial charge on any atom is 0.0449 e. The van der Waals surface area contributed by atoms with Gasteiger partial charge in [0.15, 0.2) is 0 Å². The predicted octanol–water partition coefficient (Wildman–Crippen LogP) is 2.28. The Bertz CT molecular complexity index is 424. The molecule has 2 rings (SSSR count). The van der Waals surface area contributed by atoms with E-state index in [9.17, 15) is 0 Å². The third-order valence-corrected chi connectivity index (χ3v) is 3.25. The van der Waals surface area contributed by atoms with Gasteiger partial charge in [0.1, 0.15) is 0 Å². The molecule has 74 valence electrons. The molecule has 1 unspecified atom stereocenters. The fourth-order valence-electron chi connectivity index (χ4n) is 1.64. The summed E-state index contributed by atoms with van der Waals surface area (Å²) in [6.07, 6.45) is 0.620. The molecule has 1 heterocycles. The highest BCUT2D eigenvalue weighted by Gasteiger charge is 2.09. The molecule has 1 atom stereocenters. The predicted molar refractivity (Wildman–Crippen MR) is 60.5 cm³/mol. The Morgan fingerprint density at radius 3 is 3.00 bits per heavy atom. The number of rotatable bonds is 3. The number of fused-ring (bicyclic) bond motifs is 1. The quantitative estimate of drug-likeness (QED) is 0.811. The molecule has 2 aromatic rings. The SMILES string of the molecule is NC(CCO)c1cccc2sccc12. The second kappa shape index (κ2) is 4.09. The zero-order chi connectivity index (χ0) is 9.97. The number of benzene rings is 1. The molecule has 1 aromatic heterocycles. The van der Waals surface area contributed by atoms with E-state index in [0.29, 0.717) is 6.42 Å². The number of thiophene rings is 1. The lowest BCUT2D eigenvalue weighted by Gasteiger charge is -2.11. The molecule has 0 aliphatic rings. The number of aliphatic hydroxyl groups is 1. The Balaban J connectivity index is 2.45. The van der Waals surface area contributed by atoms with Crippen LogP contribution in [0.15, 0.2) is 29.6 Å². The van der Waals surface area contributed by atoms with Crippen LogP contribution in [0, 0.1) is 0 Å². The minimum atomic E-state index is -0.0571. The summed E-state index contributed by atoms with van der Waals surface area (Å²) < 4.78 is 1.26. The minimum Gasteiger partial charge on any atom is -0.396 e. The molecule has 0 bridgehead atoms. The smallest absolute Gasteiger partial charge is 0.0449 e. The third-order valence-electron chi connectivity index (χ3n) is 2.37. The van der Waals surface area contributed by atoms with Gasteiger partial charge in [0.05, 0.1) is 0 Å². The van der Waals surface area contributed by atoms with E-state index in [2.05, 4.69) is 17.5 Å². The van der Waals surface area contributed by atoms with Crippen molar-refractivity contribution in [3.63, 3.8) is 0 Å². The van der Waals surface area contributed by atoms with Crippen molar-refractivity contribution in [2.24, 2.45) is 5.73 Å². The molecule has 3 N–H and O–H groups in total. The Morgan fingerprint density at radius 2 is 2.21 bits per heavy atom. The van der Waals surface area contributed by atoms with Gasteiger partial charge >= 0.3 is 0 Å². The summed E-state index contributed by atoms with van der Waals surface area (Å²) >= 11 is 1.72. The Morgan fingerprint density at radius 1 is 1.36 bits per heavy atom. The molecule has 0 saturated carbocycles. The first kappa shape index (κ1) is 9.65. The van der Waals surface area contributed by atoms with E-state index >= 15 is 0 Å². The van der Waals surface area contributed by atoms with E-state index in [0.717, 1.165) is 5.56 Å². The van der Waals surface area contributed by atoms with Crippen LogP contribution in [0.1, 0.15) is 18.0 Å². The number of hydrogen-bond donors (Lipinski definition) is 2. The highest BCUT2D eigenvalue weighted by molar-refractivity contribution is 7.17. The Kier molecular flexibility index (Phi) is 2.82. The lowest BCUT2D eigenvalue weighted by Crippen LogP contribution is -2.11. The second-order valence-corrected chi connectivity index (χ2v) is 4.25. The molecule has 0 amide bonds.